The lowest BCUT2D eigenvalue weighted by atomic mass is 9.89. The first-order valence-corrected chi connectivity index (χ1v) is 9.34. The fourth-order valence-corrected chi connectivity index (χ4v) is 4.57. The van der Waals surface area contributed by atoms with E-state index in [1.54, 1.807) is 12.0 Å². The standard InChI is InChI=1S/C20H30N2O2/c1-15-12-16(2)14-22(13-15)18-8-10-21(11-9-18)20(23)17-4-6-19(24-3)7-5-17/h4-7,15-16,18H,8-14H2,1-3H3/p+1. The van der Waals surface area contributed by atoms with Crippen LogP contribution in [0.1, 0.15) is 43.5 Å². The van der Waals surface area contributed by atoms with Gasteiger partial charge in [-0.15, -0.1) is 0 Å². The van der Waals surface area contributed by atoms with Crippen molar-refractivity contribution in [2.75, 3.05) is 33.3 Å². The minimum atomic E-state index is 0.159. The zero-order valence-corrected chi connectivity index (χ0v) is 15.3. The third-order valence-corrected chi connectivity index (χ3v) is 5.72. The second kappa shape index (κ2) is 7.56. The van der Waals surface area contributed by atoms with Crippen molar-refractivity contribution in [1.82, 2.24) is 4.90 Å². The lowest BCUT2D eigenvalue weighted by molar-refractivity contribution is -0.938. The molecule has 2 fully saturated rings. The number of hydrogen-bond donors (Lipinski definition) is 1. The van der Waals surface area contributed by atoms with E-state index >= 15 is 0 Å². The van der Waals surface area contributed by atoms with E-state index in [1.807, 2.05) is 29.2 Å². The summed E-state index contributed by atoms with van der Waals surface area (Å²) in [5.41, 5.74) is 0.766. The van der Waals surface area contributed by atoms with Crippen LogP contribution in [0, 0.1) is 11.8 Å². The van der Waals surface area contributed by atoms with Gasteiger partial charge in [0.2, 0.25) is 0 Å². The number of nitrogens with one attached hydrogen (secondary N) is 1. The summed E-state index contributed by atoms with van der Waals surface area (Å²) in [5, 5.41) is 0. The average molecular weight is 331 g/mol. The molecule has 0 aliphatic carbocycles. The number of nitrogens with zero attached hydrogens (tertiary/aromatic N) is 1. The summed E-state index contributed by atoms with van der Waals surface area (Å²) in [6, 6.07) is 8.19. The molecule has 0 saturated carbocycles. The summed E-state index contributed by atoms with van der Waals surface area (Å²) in [5.74, 6) is 2.62. The Labute approximate surface area is 145 Å². The van der Waals surface area contributed by atoms with E-state index in [9.17, 15) is 4.79 Å². The number of rotatable bonds is 3. The Bertz CT molecular complexity index is 539. The topological polar surface area (TPSA) is 34.0 Å². The van der Waals surface area contributed by atoms with Crippen molar-refractivity contribution in [2.45, 2.75) is 39.2 Å². The quantitative estimate of drug-likeness (QED) is 0.917. The molecule has 2 aliphatic heterocycles. The van der Waals surface area contributed by atoms with E-state index in [-0.39, 0.29) is 5.91 Å². The predicted octanol–water partition coefficient (Wildman–Crippen LogP) is 1.86. The average Bonchev–Trinajstić information content (AvgIpc) is 2.60. The first kappa shape index (κ1) is 17.3. The molecule has 2 atom stereocenters. The van der Waals surface area contributed by atoms with E-state index in [1.165, 1.54) is 19.5 Å². The molecule has 0 bridgehead atoms. The van der Waals surface area contributed by atoms with Gasteiger partial charge in [0.15, 0.2) is 0 Å². The number of piperidine rings is 2. The largest absolute Gasteiger partial charge is 0.497 e. The second-order valence-electron chi connectivity index (χ2n) is 7.81. The van der Waals surface area contributed by atoms with Crippen LogP contribution in [-0.4, -0.2) is 50.1 Å². The highest BCUT2D eigenvalue weighted by Gasteiger charge is 2.34. The number of carbonyl (C=O) groups is 1. The molecule has 4 nitrogen and oxygen atoms in total. The van der Waals surface area contributed by atoms with Gasteiger partial charge in [0.05, 0.1) is 26.2 Å². The molecule has 1 N–H and O–H groups in total. The monoisotopic (exact) mass is 331 g/mol. The fourth-order valence-electron chi connectivity index (χ4n) is 4.57. The van der Waals surface area contributed by atoms with E-state index in [0.29, 0.717) is 0 Å². The molecule has 24 heavy (non-hydrogen) atoms. The van der Waals surface area contributed by atoms with Gasteiger partial charge in [-0.1, -0.05) is 13.8 Å². The Balaban J connectivity index is 1.55. The zero-order chi connectivity index (χ0) is 17.1. The van der Waals surface area contributed by atoms with Crippen molar-refractivity contribution in [3.8, 4) is 5.75 Å². The second-order valence-corrected chi connectivity index (χ2v) is 7.81. The number of methoxy groups -OCH3 is 1. The number of quaternary nitrogens is 1. The fraction of sp³-hybridized carbons (Fsp3) is 0.650. The number of ether oxygens (including phenoxy) is 1. The van der Waals surface area contributed by atoms with Crippen LogP contribution in [-0.2, 0) is 0 Å². The SMILES string of the molecule is COc1ccc(C(=O)N2CCC([NH+]3CC(C)CC(C)C3)CC2)cc1. The summed E-state index contributed by atoms with van der Waals surface area (Å²) < 4.78 is 5.17. The van der Waals surface area contributed by atoms with Crippen LogP contribution in [0.2, 0.25) is 0 Å². The minimum absolute atomic E-state index is 0.159. The molecule has 3 rings (SSSR count). The normalized spacial score (nSPS) is 28.6. The maximum absolute atomic E-state index is 12.7. The summed E-state index contributed by atoms with van der Waals surface area (Å²) in [7, 11) is 1.65. The molecule has 1 aromatic rings. The summed E-state index contributed by atoms with van der Waals surface area (Å²) in [4.78, 5) is 16.5. The Morgan fingerprint density at radius 2 is 1.67 bits per heavy atom. The Morgan fingerprint density at radius 1 is 1.08 bits per heavy atom. The Kier molecular flexibility index (Phi) is 5.44. The minimum Gasteiger partial charge on any atom is -0.497 e. The number of carbonyl (C=O) groups excluding carboxylic acids is 1. The van der Waals surface area contributed by atoms with Gasteiger partial charge in [0.1, 0.15) is 5.75 Å². The van der Waals surface area contributed by atoms with Crippen LogP contribution < -0.4 is 9.64 Å². The van der Waals surface area contributed by atoms with Crippen molar-refractivity contribution in [1.29, 1.82) is 0 Å². The van der Waals surface area contributed by atoms with Gasteiger partial charge in [-0.25, -0.2) is 0 Å². The highest BCUT2D eigenvalue weighted by Crippen LogP contribution is 2.18. The van der Waals surface area contributed by atoms with E-state index < -0.39 is 0 Å². The van der Waals surface area contributed by atoms with Gasteiger partial charge in [0.25, 0.3) is 5.91 Å². The molecular weight excluding hydrogens is 300 g/mol. The molecular formula is C20H31N2O2+. The van der Waals surface area contributed by atoms with Crippen LogP contribution in [0.5, 0.6) is 5.75 Å². The van der Waals surface area contributed by atoms with Crippen LogP contribution >= 0.6 is 0 Å². The van der Waals surface area contributed by atoms with Crippen molar-refractivity contribution in [3.05, 3.63) is 29.8 Å². The molecule has 0 spiro atoms. The lowest BCUT2D eigenvalue weighted by Gasteiger charge is -2.41. The third-order valence-electron chi connectivity index (χ3n) is 5.72. The van der Waals surface area contributed by atoms with Crippen LogP contribution in [0.4, 0.5) is 0 Å². The molecule has 0 radical (unpaired) electrons. The number of benzene rings is 1. The Morgan fingerprint density at radius 3 is 2.21 bits per heavy atom. The van der Waals surface area contributed by atoms with E-state index in [4.69, 9.17) is 4.74 Å². The van der Waals surface area contributed by atoms with Crippen molar-refractivity contribution in [3.63, 3.8) is 0 Å². The van der Waals surface area contributed by atoms with Crippen LogP contribution in [0.15, 0.2) is 24.3 Å². The smallest absolute Gasteiger partial charge is 0.253 e. The summed E-state index contributed by atoms with van der Waals surface area (Å²) in [6.45, 7) is 9.17. The number of likely N-dealkylation sites (tertiary alicyclic amines) is 2. The van der Waals surface area contributed by atoms with Crippen LogP contribution in [0.3, 0.4) is 0 Å². The summed E-state index contributed by atoms with van der Waals surface area (Å²) in [6.07, 6.45) is 3.64. The van der Waals surface area contributed by atoms with Gasteiger partial charge in [-0.3, -0.25) is 4.79 Å². The third kappa shape index (κ3) is 3.92. The van der Waals surface area contributed by atoms with Gasteiger partial charge in [0, 0.05) is 43.3 Å². The molecule has 2 saturated heterocycles. The number of hydrogen-bond acceptors (Lipinski definition) is 2. The molecule has 1 amide bonds. The predicted molar refractivity (Wildman–Crippen MR) is 95.6 cm³/mol. The van der Waals surface area contributed by atoms with Gasteiger partial charge >= 0.3 is 0 Å². The molecule has 2 heterocycles. The van der Waals surface area contributed by atoms with Gasteiger partial charge in [-0.2, -0.15) is 0 Å². The first-order chi connectivity index (χ1) is 11.6. The molecule has 2 unspecified atom stereocenters. The summed E-state index contributed by atoms with van der Waals surface area (Å²) >= 11 is 0. The van der Waals surface area contributed by atoms with Gasteiger partial charge < -0.3 is 14.5 Å². The van der Waals surface area contributed by atoms with Crippen LogP contribution in [0.25, 0.3) is 0 Å². The number of amides is 1. The van der Waals surface area contributed by atoms with E-state index in [0.717, 1.165) is 55.1 Å². The highest BCUT2D eigenvalue weighted by atomic mass is 16.5. The maximum atomic E-state index is 12.7. The highest BCUT2D eigenvalue weighted by molar-refractivity contribution is 5.94. The molecule has 2 aliphatic rings. The van der Waals surface area contributed by atoms with Crippen molar-refractivity contribution in [2.24, 2.45) is 11.8 Å². The van der Waals surface area contributed by atoms with E-state index in [2.05, 4.69) is 13.8 Å². The molecule has 4 heteroatoms. The van der Waals surface area contributed by atoms with Crippen molar-refractivity contribution < 1.29 is 14.4 Å². The molecule has 1 aromatic carbocycles. The zero-order valence-electron chi connectivity index (χ0n) is 15.3. The van der Waals surface area contributed by atoms with Crippen molar-refractivity contribution >= 4 is 5.91 Å². The first-order valence-electron chi connectivity index (χ1n) is 9.34. The molecule has 132 valence electrons. The lowest BCUT2D eigenvalue weighted by Crippen LogP contribution is -3.18. The maximum Gasteiger partial charge on any atom is 0.253 e. The Hall–Kier alpha value is -1.55. The molecule has 0 aromatic heterocycles. The van der Waals surface area contributed by atoms with Gasteiger partial charge in [-0.05, 0) is 30.7 Å².